The van der Waals surface area contributed by atoms with Crippen LogP contribution in [-0.4, -0.2) is 24.8 Å². The van der Waals surface area contributed by atoms with Crippen molar-refractivity contribution >= 4 is 5.69 Å². The lowest BCUT2D eigenvalue weighted by molar-refractivity contribution is -0.0750. The van der Waals surface area contributed by atoms with E-state index in [0.29, 0.717) is 0 Å². The molecule has 1 saturated heterocycles. The fourth-order valence-electron chi connectivity index (χ4n) is 2.79. The quantitative estimate of drug-likeness (QED) is 0.762. The molecule has 96 valence electrons. The van der Waals surface area contributed by atoms with Gasteiger partial charge >= 0.3 is 0 Å². The SMILES string of the molecule is Cc1cccc(C#N)c1N1CC(C)OC(C)(C)C1. The fourth-order valence-corrected chi connectivity index (χ4v) is 2.79. The Bertz CT molecular complexity index is 488. The molecule has 1 heterocycles. The minimum Gasteiger partial charge on any atom is -0.369 e. The first-order valence-corrected chi connectivity index (χ1v) is 6.35. The van der Waals surface area contributed by atoms with E-state index in [9.17, 15) is 5.26 Å². The maximum atomic E-state index is 9.26. The normalized spacial score (nSPS) is 22.6. The number of hydrogen-bond donors (Lipinski definition) is 0. The number of nitrogens with zero attached hydrogens (tertiary/aromatic N) is 2. The van der Waals surface area contributed by atoms with Gasteiger partial charge in [-0.3, -0.25) is 0 Å². The summed E-state index contributed by atoms with van der Waals surface area (Å²) in [5.74, 6) is 0. The molecule has 0 amide bonds. The summed E-state index contributed by atoms with van der Waals surface area (Å²) < 4.78 is 5.91. The smallest absolute Gasteiger partial charge is 0.101 e. The van der Waals surface area contributed by atoms with Crippen molar-refractivity contribution in [3.05, 3.63) is 29.3 Å². The number of nitriles is 1. The monoisotopic (exact) mass is 244 g/mol. The van der Waals surface area contributed by atoms with Crippen LogP contribution < -0.4 is 4.90 Å². The molecule has 1 aliphatic rings. The highest BCUT2D eigenvalue weighted by molar-refractivity contribution is 5.64. The molecule has 1 atom stereocenters. The van der Waals surface area contributed by atoms with E-state index in [2.05, 4.69) is 44.7 Å². The number of anilines is 1. The first-order chi connectivity index (χ1) is 8.43. The number of hydrogen-bond acceptors (Lipinski definition) is 3. The van der Waals surface area contributed by atoms with Crippen molar-refractivity contribution in [1.29, 1.82) is 5.26 Å². The van der Waals surface area contributed by atoms with Crippen LogP contribution in [0.5, 0.6) is 0 Å². The Morgan fingerprint density at radius 1 is 1.44 bits per heavy atom. The highest BCUT2D eigenvalue weighted by atomic mass is 16.5. The molecule has 3 heteroatoms. The number of rotatable bonds is 1. The van der Waals surface area contributed by atoms with Gasteiger partial charge in [-0.1, -0.05) is 12.1 Å². The molecule has 1 aromatic carbocycles. The Kier molecular flexibility index (Phi) is 3.32. The van der Waals surface area contributed by atoms with Crippen molar-refractivity contribution in [2.24, 2.45) is 0 Å². The summed E-state index contributed by atoms with van der Waals surface area (Å²) in [5.41, 5.74) is 2.79. The van der Waals surface area contributed by atoms with Crippen molar-refractivity contribution in [3.63, 3.8) is 0 Å². The maximum Gasteiger partial charge on any atom is 0.101 e. The molecular formula is C15H20N2O. The predicted molar refractivity (Wildman–Crippen MR) is 72.7 cm³/mol. The predicted octanol–water partition coefficient (Wildman–Crippen LogP) is 2.87. The lowest BCUT2D eigenvalue weighted by Gasteiger charge is -2.43. The summed E-state index contributed by atoms with van der Waals surface area (Å²) in [4.78, 5) is 2.28. The summed E-state index contributed by atoms with van der Waals surface area (Å²) in [6.45, 7) is 9.99. The van der Waals surface area contributed by atoms with Gasteiger partial charge in [0.05, 0.1) is 23.0 Å². The fraction of sp³-hybridized carbons (Fsp3) is 0.533. The van der Waals surface area contributed by atoms with Crippen LogP contribution in [0.1, 0.15) is 31.9 Å². The number of ether oxygens (including phenoxy) is 1. The molecule has 0 bridgehead atoms. The lowest BCUT2D eigenvalue weighted by Crippen LogP contribution is -2.52. The van der Waals surface area contributed by atoms with Crippen LogP contribution in [0.15, 0.2) is 18.2 Å². The third kappa shape index (κ3) is 2.49. The zero-order valence-electron chi connectivity index (χ0n) is 11.5. The number of aryl methyl sites for hydroxylation is 1. The van der Waals surface area contributed by atoms with Gasteiger partial charge in [-0.25, -0.2) is 0 Å². The van der Waals surface area contributed by atoms with E-state index in [1.165, 1.54) is 0 Å². The van der Waals surface area contributed by atoms with Gasteiger partial charge in [0, 0.05) is 13.1 Å². The van der Waals surface area contributed by atoms with Gasteiger partial charge in [-0.05, 0) is 39.3 Å². The van der Waals surface area contributed by atoms with E-state index in [1.54, 1.807) is 0 Å². The molecule has 2 rings (SSSR count). The van der Waals surface area contributed by atoms with Crippen LogP contribution in [0.4, 0.5) is 5.69 Å². The van der Waals surface area contributed by atoms with Gasteiger partial charge < -0.3 is 9.64 Å². The Labute approximate surface area is 109 Å². The minimum absolute atomic E-state index is 0.174. The van der Waals surface area contributed by atoms with E-state index >= 15 is 0 Å². The molecular weight excluding hydrogens is 224 g/mol. The summed E-state index contributed by atoms with van der Waals surface area (Å²) >= 11 is 0. The van der Waals surface area contributed by atoms with Crippen LogP contribution in [0.3, 0.4) is 0 Å². The van der Waals surface area contributed by atoms with E-state index < -0.39 is 0 Å². The maximum absolute atomic E-state index is 9.26. The zero-order chi connectivity index (χ0) is 13.3. The first-order valence-electron chi connectivity index (χ1n) is 6.35. The molecule has 0 aliphatic carbocycles. The Hall–Kier alpha value is -1.53. The lowest BCUT2D eigenvalue weighted by atomic mass is 10.0. The van der Waals surface area contributed by atoms with Gasteiger partial charge in [0.15, 0.2) is 0 Å². The second kappa shape index (κ2) is 4.62. The van der Waals surface area contributed by atoms with Crippen molar-refractivity contribution in [2.45, 2.75) is 39.4 Å². The highest BCUT2D eigenvalue weighted by Gasteiger charge is 2.32. The van der Waals surface area contributed by atoms with Crippen LogP contribution >= 0.6 is 0 Å². The Morgan fingerprint density at radius 2 is 2.17 bits per heavy atom. The molecule has 0 N–H and O–H groups in total. The summed E-state index contributed by atoms with van der Waals surface area (Å²) in [6, 6.07) is 8.17. The average molecular weight is 244 g/mol. The van der Waals surface area contributed by atoms with E-state index in [0.717, 1.165) is 29.9 Å². The summed E-state index contributed by atoms with van der Waals surface area (Å²) in [7, 11) is 0. The summed E-state index contributed by atoms with van der Waals surface area (Å²) in [5, 5.41) is 9.26. The van der Waals surface area contributed by atoms with Crippen LogP contribution in [0, 0.1) is 18.3 Å². The minimum atomic E-state index is -0.174. The molecule has 18 heavy (non-hydrogen) atoms. The molecule has 3 nitrogen and oxygen atoms in total. The van der Waals surface area contributed by atoms with Gasteiger partial charge in [0.1, 0.15) is 6.07 Å². The molecule has 0 saturated carbocycles. The Balaban J connectivity index is 2.40. The molecule has 0 aromatic heterocycles. The van der Waals surface area contributed by atoms with E-state index in [1.807, 2.05) is 12.1 Å². The first kappa shape index (κ1) is 12.9. The van der Waals surface area contributed by atoms with Crippen molar-refractivity contribution in [1.82, 2.24) is 0 Å². The van der Waals surface area contributed by atoms with Gasteiger partial charge in [0.25, 0.3) is 0 Å². The van der Waals surface area contributed by atoms with Gasteiger partial charge in [-0.15, -0.1) is 0 Å². The van der Waals surface area contributed by atoms with Crippen LogP contribution in [0.25, 0.3) is 0 Å². The topological polar surface area (TPSA) is 36.3 Å². The molecule has 1 aromatic rings. The van der Waals surface area contributed by atoms with Crippen molar-refractivity contribution in [3.8, 4) is 6.07 Å². The zero-order valence-corrected chi connectivity index (χ0v) is 11.5. The second-order valence-corrected chi connectivity index (χ2v) is 5.65. The summed E-state index contributed by atoms with van der Waals surface area (Å²) in [6.07, 6.45) is 0.180. The largest absolute Gasteiger partial charge is 0.369 e. The van der Waals surface area contributed by atoms with Crippen LogP contribution in [-0.2, 0) is 4.74 Å². The molecule has 0 radical (unpaired) electrons. The van der Waals surface area contributed by atoms with Gasteiger partial charge in [0.2, 0.25) is 0 Å². The van der Waals surface area contributed by atoms with Crippen molar-refractivity contribution in [2.75, 3.05) is 18.0 Å². The van der Waals surface area contributed by atoms with Crippen molar-refractivity contribution < 1.29 is 4.74 Å². The Morgan fingerprint density at radius 3 is 2.78 bits per heavy atom. The standard InChI is InChI=1S/C15H20N2O/c1-11-6-5-7-13(8-16)14(11)17-9-12(2)18-15(3,4)10-17/h5-7,12H,9-10H2,1-4H3. The van der Waals surface area contributed by atoms with E-state index in [-0.39, 0.29) is 11.7 Å². The number of benzene rings is 1. The number of para-hydroxylation sites is 1. The highest BCUT2D eigenvalue weighted by Crippen LogP contribution is 2.30. The molecule has 1 unspecified atom stereocenters. The number of morpholine rings is 1. The third-order valence-corrected chi connectivity index (χ3v) is 3.24. The molecule has 1 fully saturated rings. The average Bonchev–Trinajstić information content (AvgIpc) is 2.25. The third-order valence-electron chi connectivity index (χ3n) is 3.24. The van der Waals surface area contributed by atoms with Gasteiger partial charge in [-0.2, -0.15) is 5.26 Å². The van der Waals surface area contributed by atoms with E-state index in [4.69, 9.17) is 4.74 Å². The van der Waals surface area contributed by atoms with Crippen LogP contribution in [0.2, 0.25) is 0 Å². The second-order valence-electron chi connectivity index (χ2n) is 5.65. The molecule has 1 aliphatic heterocycles. The molecule has 0 spiro atoms.